The van der Waals surface area contributed by atoms with E-state index in [4.69, 9.17) is 15.1 Å². The summed E-state index contributed by atoms with van der Waals surface area (Å²) in [5, 5.41) is 24.0. The molecule has 4 rings (SSSR count). The number of allylic oxidation sites excluding steroid dienone is 1. The van der Waals surface area contributed by atoms with Crippen LogP contribution in [-0.4, -0.2) is 63.6 Å². The number of amidine groups is 1. The first-order valence-electron chi connectivity index (χ1n) is 12.5. The molecule has 0 spiro atoms. The lowest BCUT2D eigenvalue weighted by molar-refractivity contribution is 0.0977. The largest absolute Gasteiger partial charge is 0.512 e. The molecule has 4 N–H and O–H groups in total. The van der Waals surface area contributed by atoms with Crippen LogP contribution in [0, 0.1) is 23.7 Å². The second-order valence-corrected chi connectivity index (χ2v) is 10.5. The molecule has 11 nitrogen and oxygen atoms in total. The number of ether oxygens (including phenoxy) is 1. The Bertz CT molecular complexity index is 1380. The number of hydrogen-bond donors (Lipinski definition) is 4. The molecule has 2 aromatic heterocycles. The maximum absolute atomic E-state index is 12.8. The average Bonchev–Trinajstić information content (AvgIpc) is 3.37. The van der Waals surface area contributed by atoms with E-state index in [0.29, 0.717) is 40.0 Å². The third-order valence-electron chi connectivity index (χ3n) is 6.31. The van der Waals surface area contributed by atoms with Crippen molar-refractivity contribution in [2.24, 2.45) is 11.3 Å². The first-order chi connectivity index (χ1) is 18.0. The molecular weight excluding hydrogens is 484 g/mol. The number of nitrogens with zero attached hydrogens (tertiary/aromatic N) is 5. The third-order valence-corrected chi connectivity index (χ3v) is 6.31. The van der Waals surface area contributed by atoms with Gasteiger partial charge in [-0.3, -0.25) is 10.2 Å². The number of fused-ring (bicyclic) bond motifs is 1. The Labute approximate surface area is 221 Å². The summed E-state index contributed by atoms with van der Waals surface area (Å²) in [5.41, 5.74) is 2.52. The van der Waals surface area contributed by atoms with Gasteiger partial charge in [-0.15, -0.1) is 0 Å². The van der Waals surface area contributed by atoms with Crippen LogP contribution in [0.25, 0.3) is 11.0 Å². The highest BCUT2D eigenvalue weighted by Crippen LogP contribution is 2.26. The molecule has 200 valence electrons. The Hall–Kier alpha value is -4.12. The van der Waals surface area contributed by atoms with Crippen molar-refractivity contribution in [3.05, 3.63) is 53.7 Å². The molecule has 11 heteroatoms. The molecule has 1 atom stereocenters. The molecule has 1 amide bonds. The molecule has 0 radical (unpaired) electrons. The van der Waals surface area contributed by atoms with Crippen molar-refractivity contribution in [1.82, 2.24) is 25.3 Å². The van der Waals surface area contributed by atoms with E-state index >= 15 is 0 Å². The van der Waals surface area contributed by atoms with E-state index in [1.165, 1.54) is 12.4 Å². The molecule has 1 unspecified atom stereocenters. The Kier molecular flexibility index (Phi) is 7.86. The molecule has 0 saturated carbocycles. The first-order valence-corrected chi connectivity index (χ1v) is 12.5. The van der Waals surface area contributed by atoms with E-state index in [0.717, 1.165) is 31.7 Å². The van der Waals surface area contributed by atoms with E-state index in [-0.39, 0.29) is 11.6 Å². The van der Waals surface area contributed by atoms with Gasteiger partial charge in [0.05, 0.1) is 12.8 Å². The van der Waals surface area contributed by atoms with E-state index in [1.807, 2.05) is 45.7 Å². The fourth-order valence-corrected chi connectivity index (χ4v) is 3.93. The fraction of sp³-hybridized carbons (Fsp3) is 0.407. The molecule has 1 aliphatic rings. The lowest BCUT2D eigenvalue weighted by atomic mass is 9.93. The van der Waals surface area contributed by atoms with Crippen LogP contribution in [0.2, 0.25) is 0 Å². The number of aryl methyl sites for hydroxylation is 1. The van der Waals surface area contributed by atoms with Crippen LogP contribution in [0.5, 0.6) is 0 Å². The van der Waals surface area contributed by atoms with Crippen molar-refractivity contribution in [1.29, 1.82) is 5.41 Å². The molecule has 1 saturated heterocycles. The van der Waals surface area contributed by atoms with Crippen LogP contribution in [0.15, 0.2) is 42.6 Å². The minimum atomic E-state index is -0.526. The van der Waals surface area contributed by atoms with Gasteiger partial charge in [0.1, 0.15) is 29.0 Å². The third kappa shape index (κ3) is 6.41. The smallest absolute Gasteiger partial charge is 0.256 e. The highest BCUT2D eigenvalue weighted by Gasteiger charge is 2.20. The number of aliphatic hydroxyl groups is 1. The van der Waals surface area contributed by atoms with Gasteiger partial charge in [0.25, 0.3) is 5.91 Å². The van der Waals surface area contributed by atoms with Crippen LogP contribution in [0.3, 0.4) is 0 Å². The Morgan fingerprint density at radius 2 is 2.08 bits per heavy atom. The molecule has 1 fully saturated rings. The number of rotatable bonds is 7. The van der Waals surface area contributed by atoms with Gasteiger partial charge in [-0.25, -0.2) is 19.9 Å². The second kappa shape index (κ2) is 11.1. The molecule has 38 heavy (non-hydrogen) atoms. The minimum Gasteiger partial charge on any atom is -0.512 e. The first kappa shape index (κ1) is 26.9. The van der Waals surface area contributed by atoms with E-state index in [1.54, 1.807) is 18.3 Å². The molecular formula is C27H34N8O3. The van der Waals surface area contributed by atoms with Crippen molar-refractivity contribution in [3.8, 4) is 0 Å². The number of amides is 1. The molecule has 0 bridgehead atoms. The number of benzene rings is 1. The number of aliphatic hydroxyl groups excluding tert-OH is 1. The zero-order valence-electron chi connectivity index (χ0n) is 22.4. The van der Waals surface area contributed by atoms with Crippen molar-refractivity contribution < 1.29 is 14.6 Å². The molecule has 1 aromatic carbocycles. The van der Waals surface area contributed by atoms with Gasteiger partial charge in [-0.2, -0.15) is 0 Å². The monoisotopic (exact) mass is 518 g/mol. The van der Waals surface area contributed by atoms with Crippen molar-refractivity contribution in [2.75, 3.05) is 37.0 Å². The Balaban J connectivity index is 1.55. The number of nitrogens with one attached hydrogen (secondary N) is 3. The summed E-state index contributed by atoms with van der Waals surface area (Å²) >= 11 is 0. The summed E-state index contributed by atoms with van der Waals surface area (Å²) in [5.74, 6) is 0.838. The lowest BCUT2D eigenvalue weighted by Crippen LogP contribution is -2.29. The zero-order chi connectivity index (χ0) is 27.4. The standard InChI is InChI=1S/C27H34N8O3/c1-16-6-7-18(25(37)33-22(28)11-21(36)27(2,3)4)10-19(16)32-24-23-20(30-15-31-24)12-29-26(34-23)35(5)13-17-8-9-38-14-17/h6-7,10-12,15,17,36H,8-9,13-14H2,1-5H3,(H2,28,33,37)(H,30,31,32)/b21-11-. The summed E-state index contributed by atoms with van der Waals surface area (Å²) in [6.45, 7) is 9.68. The second-order valence-electron chi connectivity index (χ2n) is 10.5. The number of hydrogen-bond acceptors (Lipinski definition) is 10. The predicted octanol–water partition coefficient (Wildman–Crippen LogP) is 4.14. The maximum Gasteiger partial charge on any atom is 0.256 e. The lowest BCUT2D eigenvalue weighted by Gasteiger charge is -2.20. The Morgan fingerprint density at radius 1 is 1.29 bits per heavy atom. The topological polar surface area (TPSA) is 149 Å². The SMILES string of the molecule is Cc1ccc(C(=O)NC(=N)/C=C(\O)C(C)(C)C)cc1Nc1ncnc2cnc(N(C)CC3CCOC3)nc12. The highest BCUT2D eigenvalue weighted by atomic mass is 16.5. The summed E-state index contributed by atoms with van der Waals surface area (Å²) in [7, 11) is 1.95. The van der Waals surface area contributed by atoms with Gasteiger partial charge < -0.3 is 25.4 Å². The summed E-state index contributed by atoms with van der Waals surface area (Å²) in [4.78, 5) is 32.7. The predicted molar refractivity (Wildman–Crippen MR) is 147 cm³/mol. The van der Waals surface area contributed by atoms with Gasteiger partial charge in [0, 0.05) is 48.9 Å². The number of aromatic nitrogens is 4. The summed E-state index contributed by atoms with van der Waals surface area (Å²) in [6.07, 6.45) is 5.38. The van der Waals surface area contributed by atoms with Crippen molar-refractivity contribution in [2.45, 2.75) is 34.1 Å². The van der Waals surface area contributed by atoms with Crippen molar-refractivity contribution in [3.63, 3.8) is 0 Å². The molecule has 1 aliphatic heterocycles. The van der Waals surface area contributed by atoms with Gasteiger partial charge >= 0.3 is 0 Å². The normalized spacial score (nSPS) is 15.9. The summed E-state index contributed by atoms with van der Waals surface area (Å²) in [6, 6.07) is 5.18. The quantitative estimate of drug-likeness (QED) is 0.206. The van der Waals surface area contributed by atoms with E-state index in [2.05, 4.69) is 25.6 Å². The number of carbonyl (C=O) groups is 1. The summed E-state index contributed by atoms with van der Waals surface area (Å²) < 4.78 is 5.49. The van der Waals surface area contributed by atoms with E-state index < -0.39 is 11.3 Å². The zero-order valence-corrected chi connectivity index (χ0v) is 22.4. The van der Waals surface area contributed by atoms with Gasteiger partial charge in [-0.1, -0.05) is 26.8 Å². The number of anilines is 3. The Morgan fingerprint density at radius 3 is 2.79 bits per heavy atom. The van der Waals surface area contributed by atoms with Crippen LogP contribution < -0.4 is 15.5 Å². The number of carbonyl (C=O) groups excluding carboxylic acids is 1. The van der Waals surface area contributed by atoms with Crippen molar-refractivity contribution >= 4 is 40.2 Å². The van der Waals surface area contributed by atoms with E-state index in [9.17, 15) is 9.90 Å². The van der Waals surface area contributed by atoms with Crippen LogP contribution in [0.4, 0.5) is 17.5 Å². The van der Waals surface area contributed by atoms with Gasteiger partial charge in [0.2, 0.25) is 5.95 Å². The maximum atomic E-state index is 12.8. The fourth-order valence-electron chi connectivity index (χ4n) is 3.93. The molecule has 3 aromatic rings. The van der Waals surface area contributed by atoms with Crippen LogP contribution in [0.1, 0.15) is 43.1 Å². The average molecular weight is 519 g/mol. The molecule has 0 aliphatic carbocycles. The van der Waals surface area contributed by atoms with Gasteiger partial charge in [-0.05, 0) is 31.0 Å². The minimum absolute atomic E-state index is 0.00767. The highest BCUT2D eigenvalue weighted by molar-refractivity contribution is 6.09. The van der Waals surface area contributed by atoms with Crippen LogP contribution in [-0.2, 0) is 4.74 Å². The van der Waals surface area contributed by atoms with Crippen LogP contribution >= 0.6 is 0 Å². The molecule has 3 heterocycles. The van der Waals surface area contributed by atoms with Gasteiger partial charge in [0.15, 0.2) is 5.82 Å².